The van der Waals surface area contributed by atoms with E-state index < -0.39 is 37.1 Å². The van der Waals surface area contributed by atoms with Crippen LogP contribution in [0.4, 0.5) is 4.79 Å². The second-order valence-corrected chi connectivity index (χ2v) is 7.19. The number of carbonyl (C=O) groups is 2. The van der Waals surface area contributed by atoms with Crippen LogP contribution in [0, 0.1) is 0 Å². The van der Waals surface area contributed by atoms with E-state index in [2.05, 4.69) is 15.6 Å². The molecule has 12 nitrogen and oxygen atoms in total. The number of hydrogen-bond acceptors (Lipinski definition) is 10. The predicted molar refractivity (Wildman–Crippen MR) is 115 cm³/mol. The van der Waals surface area contributed by atoms with Crippen LogP contribution in [0.25, 0.3) is 0 Å². The largest absolute Gasteiger partial charge is 0.447 e. The van der Waals surface area contributed by atoms with E-state index in [0.717, 1.165) is 19.3 Å². The number of unbranched alkanes of at least 4 members (excludes halogenated alkanes) is 2. The van der Waals surface area contributed by atoms with Crippen LogP contribution in [0.3, 0.4) is 0 Å². The zero-order valence-electron chi connectivity index (χ0n) is 18.6. The molecule has 32 heavy (non-hydrogen) atoms. The first-order valence-corrected chi connectivity index (χ1v) is 10.8. The fraction of sp³-hybridized carbons (Fsp3) is 0.850. The molecule has 2 amide bonds. The third-order valence-electron chi connectivity index (χ3n) is 4.65. The Hall–Kier alpha value is -1.83. The Balaban J connectivity index is 1.94. The SMILES string of the molecule is COCCOCCNC(=O)CCCC/C=N/CCNC(=O)OC[C@@H]1O[C@@H](CO)C(O)[C@@H]1O. The number of aliphatic hydroxyl groups is 3. The molecule has 1 unspecified atom stereocenters. The molecule has 0 aromatic heterocycles. The van der Waals surface area contributed by atoms with Crippen LogP contribution in [-0.2, 0) is 23.7 Å². The van der Waals surface area contributed by atoms with Gasteiger partial charge in [0.15, 0.2) is 0 Å². The van der Waals surface area contributed by atoms with Gasteiger partial charge in [-0.15, -0.1) is 0 Å². The van der Waals surface area contributed by atoms with Gasteiger partial charge in [0.1, 0.15) is 31.0 Å². The molecule has 4 atom stereocenters. The number of nitrogens with one attached hydrogen (secondary N) is 2. The summed E-state index contributed by atoms with van der Waals surface area (Å²) in [7, 11) is 1.60. The molecule has 1 saturated heterocycles. The summed E-state index contributed by atoms with van der Waals surface area (Å²) in [4.78, 5) is 27.5. The van der Waals surface area contributed by atoms with Gasteiger partial charge in [0.2, 0.25) is 5.91 Å². The van der Waals surface area contributed by atoms with Crippen LogP contribution in [0.2, 0.25) is 0 Å². The van der Waals surface area contributed by atoms with Crippen LogP contribution in [-0.4, -0.2) is 118 Å². The molecule has 0 aromatic rings. The van der Waals surface area contributed by atoms with Crippen molar-refractivity contribution in [1.82, 2.24) is 10.6 Å². The van der Waals surface area contributed by atoms with Crippen molar-refractivity contribution in [3.63, 3.8) is 0 Å². The minimum Gasteiger partial charge on any atom is -0.447 e. The average molecular weight is 464 g/mol. The monoisotopic (exact) mass is 463 g/mol. The Kier molecular flexibility index (Phi) is 15.6. The molecule has 0 aromatic carbocycles. The topological polar surface area (TPSA) is 168 Å². The summed E-state index contributed by atoms with van der Waals surface area (Å²) in [6, 6.07) is 0. The fourth-order valence-corrected chi connectivity index (χ4v) is 2.84. The molecule has 0 aliphatic carbocycles. The fourth-order valence-electron chi connectivity index (χ4n) is 2.84. The highest BCUT2D eigenvalue weighted by Gasteiger charge is 2.42. The highest BCUT2D eigenvalue weighted by Crippen LogP contribution is 2.21. The van der Waals surface area contributed by atoms with Gasteiger partial charge in [-0.25, -0.2) is 4.79 Å². The molecule has 0 radical (unpaired) electrons. The molecule has 1 aliphatic heterocycles. The number of aliphatic imine (C=N–C) groups is 1. The normalized spacial score (nSPS) is 22.9. The van der Waals surface area contributed by atoms with E-state index in [0.29, 0.717) is 39.3 Å². The van der Waals surface area contributed by atoms with Gasteiger partial charge in [-0.2, -0.15) is 0 Å². The highest BCUT2D eigenvalue weighted by atomic mass is 16.6. The molecule has 1 aliphatic rings. The molecule has 0 bridgehead atoms. The van der Waals surface area contributed by atoms with E-state index in [1.54, 1.807) is 13.3 Å². The van der Waals surface area contributed by atoms with Crippen molar-refractivity contribution < 1.29 is 43.9 Å². The number of nitrogens with zero attached hydrogens (tertiary/aromatic N) is 1. The van der Waals surface area contributed by atoms with Crippen LogP contribution in [0.15, 0.2) is 4.99 Å². The summed E-state index contributed by atoms with van der Waals surface area (Å²) in [6.45, 7) is 1.99. The Morgan fingerprint density at radius 1 is 1.06 bits per heavy atom. The second kappa shape index (κ2) is 17.7. The summed E-state index contributed by atoms with van der Waals surface area (Å²) in [6.07, 6.45) is -0.367. The number of amides is 2. The number of ether oxygens (including phenoxy) is 4. The minimum absolute atomic E-state index is 0.00286. The van der Waals surface area contributed by atoms with Crippen molar-refractivity contribution >= 4 is 18.2 Å². The first-order valence-electron chi connectivity index (χ1n) is 10.8. The molecule has 12 heteroatoms. The standard InChI is InChI=1S/C20H37N3O9/c1-29-11-12-30-10-9-22-17(25)5-3-2-4-6-21-7-8-23-20(28)31-14-16-19(27)18(26)15(13-24)32-16/h6,15-16,18-19,24,26-27H,2-5,7-14H2,1H3,(H,22,25)(H,23,28)/b21-6+/t15-,16-,18?,19+/m0/s1. The average Bonchev–Trinajstić information content (AvgIpc) is 3.06. The van der Waals surface area contributed by atoms with E-state index in [-0.39, 0.29) is 19.1 Å². The predicted octanol–water partition coefficient (Wildman–Crippen LogP) is -1.40. The Bertz CT molecular complexity index is 550. The van der Waals surface area contributed by atoms with Crippen molar-refractivity contribution in [1.29, 1.82) is 0 Å². The van der Waals surface area contributed by atoms with Crippen LogP contribution >= 0.6 is 0 Å². The van der Waals surface area contributed by atoms with E-state index in [4.69, 9.17) is 24.1 Å². The molecule has 1 rings (SSSR count). The smallest absolute Gasteiger partial charge is 0.407 e. The van der Waals surface area contributed by atoms with Gasteiger partial charge in [0, 0.05) is 26.6 Å². The van der Waals surface area contributed by atoms with Gasteiger partial charge in [-0.05, 0) is 25.5 Å². The Morgan fingerprint density at radius 3 is 2.56 bits per heavy atom. The van der Waals surface area contributed by atoms with Gasteiger partial charge >= 0.3 is 6.09 Å². The second-order valence-electron chi connectivity index (χ2n) is 7.19. The highest BCUT2D eigenvalue weighted by molar-refractivity contribution is 5.75. The maximum Gasteiger partial charge on any atom is 0.407 e. The Labute approximate surface area is 188 Å². The maximum absolute atomic E-state index is 11.7. The van der Waals surface area contributed by atoms with Crippen molar-refractivity contribution in [2.75, 3.05) is 59.8 Å². The van der Waals surface area contributed by atoms with Crippen molar-refractivity contribution in [2.45, 2.75) is 50.1 Å². The van der Waals surface area contributed by atoms with Crippen molar-refractivity contribution in [3.05, 3.63) is 0 Å². The van der Waals surface area contributed by atoms with E-state index in [9.17, 15) is 19.8 Å². The van der Waals surface area contributed by atoms with E-state index in [1.165, 1.54) is 0 Å². The summed E-state index contributed by atoms with van der Waals surface area (Å²) in [5.74, 6) is -0.00286. The third kappa shape index (κ3) is 12.3. The molecular formula is C20H37N3O9. The van der Waals surface area contributed by atoms with Crippen LogP contribution in [0.1, 0.15) is 25.7 Å². The zero-order chi connectivity index (χ0) is 23.6. The summed E-state index contributed by atoms with van der Waals surface area (Å²) in [5.41, 5.74) is 0. The first kappa shape index (κ1) is 28.2. The number of rotatable bonds is 17. The number of methoxy groups -OCH3 is 1. The molecule has 186 valence electrons. The summed E-state index contributed by atoms with van der Waals surface area (Å²) < 4.78 is 20.3. The van der Waals surface area contributed by atoms with Gasteiger partial charge in [0.05, 0.1) is 33.0 Å². The minimum atomic E-state index is -1.23. The Morgan fingerprint density at radius 2 is 1.84 bits per heavy atom. The van der Waals surface area contributed by atoms with Crippen LogP contribution < -0.4 is 10.6 Å². The molecular weight excluding hydrogens is 426 g/mol. The lowest BCUT2D eigenvalue weighted by molar-refractivity contribution is -0.121. The van der Waals surface area contributed by atoms with Crippen LogP contribution in [0.5, 0.6) is 0 Å². The van der Waals surface area contributed by atoms with E-state index in [1.807, 2.05) is 0 Å². The zero-order valence-corrected chi connectivity index (χ0v) is 18.6. The molecule has 1 fully saturated rings. The summed E-state index contributed by atoms with van der Waals surface area (Å²) >= 11 is 0. The number of alkyl carbamates (subject to hydrolysis) is 1. The summed E-state index contributed by atoms with van der Waals surface area (Å²) in [5, 5.41) is 33.7. The molecule has 5 N–H and O–H groups in total. The van der Waals surface area contributed by atoms with Crippen molar-refractivity contribution in [2.24, 2.45) is 4.99 Å². The van der Waals surface area contributed by atoms with Gasteiger partial charge in [-0.1, -0.05) is 0 Å². The maximum atomic E-state index is 11.7. The molecule has 0 saturated carbocycles. The van der Waals surface area contributed by atoms with Crippen molar-refractivity contribution in [3.8, 4) is 0 Å². The van der Waals surface area contributed by atoms with E-state index >= 15 is 0 Å². The number of aliphatic hydroxyl groups excluding tert-OH is 3. The molecule has 0 spiro atoms. The first-order chi connectivity index (χ1) is 15.5. The van der Waals surface area contributed by atoms with Gasteiger partial charge in [0.25, 0.3) is 0 Å². The number of hydrogen-bond donors (Lipinski definition) is 5. The molecule has 1 heterocycles. The lowest BCUT2D eigenvalue weighted by Gasteiger charge is -2.14. The lowest BCUT2D eigenvalue weighted by atomic mass is 10.1. The van der Waals surface area contributed by atoms with Gasteiger partial charge in [-0.3, -0.25) is 9.79 Å². The number of carbonyl (C=O) groups excluding carboxylic acids is 2. The lowest BCUT2D eigenvalue weighted by Crippen LogP contribution is -2.37. The quantitative estimate of drug-likeness (QED) is 0.129. The van der Waals surface area contributed by atoms with Gasteiger partial charge < -0.3 is 44.9 Å². The third-order valence-corrected chi connectivity index (χ3v) is 4.65.